The third kappa shape index (κ3) is 3.74. The lowest BCUT2D eigenvalue weighted by molar-refractivity contribution is 0.0951. The second kappa shape index (κ2) is 6.51. The summed E-state index contributed by atoms with van der Waals surface area (Å²) in [4.78, 5) is 34.7. The van der Waals surface area contributed by atoms with Crippen molar-refractivity contribution in [2.75, 3.05) is 19.6 Å². The third-order valence-electron chi connectivity index (χ3n) is 5.41. The number of aromatic nitrogens is 3. The number of nitrogens with one attached hydrogen (secondary N) is 2. The van der Waals surface area contributed by atoms with Gasteiger partial charge in [-0.15, -0.1) is 0 Å². The molecule has 4 rings (SSSR count). The lowest BCUT2D eigenvalue weighted by atomic mass is 10.1. The fourth-order valence-electron chi connectivity index (χ4n) is 4.03. The Bertz CT molecular complexity index is 858. The second-order valence-corrected chi connectivity index (χ2v) is 8.60. The van der Waals surface area contributed by atoms with Crippen molar-refractivity contribution in [3.63, 3.8) is 0 Å². The van der Waals surface area contributed by atoms with E-state index < -0.39 is 0 Å². The highest BCUT2D eigenvalue weighted by Gasteiger charge is 2.55. The molecule has 2 unspecified atom stereocenters. The van der Waals surface area contributed by atoms with Crippen molar-refractivity contribution in [3.05, 3.63) is 30.4 Å². The number of urea groups is 1. The first-order chi connectivity index (χ1) is 12.8. The summed E-state index contributed by atoms with van der Waals surface area (Å²) in [6.45, 7) is 8.28. The van der Waals surface area contributed by atoms with Gasteiger partial charge in [-0.25, -0.2) is 14.8 Å². The van der Waals surface area contributed by atoms with Crippen molar-refractivity contribution < 1.29 is 9.59 Å². The quantitative estimate of drug-likeness (QED) is 0.854. The first kappa shape index (κ1) is 17.8. The zero-order valence-corrected chi connectivity index (χ0v) is 16.0. The molecule has 2 aromatic heterocycles. The van der Waals surface area contributed by atoms with Gasteiger partial charge in [0.25, 0.3) is 5.91 Å². The van der Waals surface area contributed by atoms with Crippen LogP contribution in [0.1, 0.15) is 37.6 Å². The molecule has 0 bridgehead atoms. The summed E-state index contributed by atoms with van der Waals surface area (Å²) in [6.07, 6.45) is 7.67. The van der Waals surface area contributed by atoms with Crippen molar-refractivity contribution in [3.8, 4) is 0 Å². The van der Waals surface area contributed by atoms with Gasteiger partial charge in [0, 0.05) is 50.0 Å². The van der Waals surface area contributed by atoms with Crippen LogP contribution in [0.15, 0.2) is 24.8 Å². The Kier molecular flexibility index (Phi) is 4.28. The molecule has 1 saturated carbocycles. The van der Waals surface area contributed by atoms with E-state index in [0.29, 0.717) is 35.6 Å². The highest BCUT2D eigenvalue weighted by molar-refractivity contribution is 5.93. The zero-order valence-electron chi connectivity index (χ0n) is 16.0. The number of carbonyl (C=O) groups is 2. The smallest absolute Gasteiger partial charge is 0.317 e. The molecule has 8 heteroatoms. The van der Waals surface area contributed by atoms with Crippen LogP contribution in [-0.4, -0.2) is 56.4 Å². The van der Waals surface area contributed by atoms with Crippen LogP contribution in [0.5, 0.6) is 0 Å². The molecule has 144 valence electrons. The van der Waals surface area contributed by atoms with Gasteiger partial charge in [0.2, 0.25) is 5.78 Å². The van der Waals surface area contributed by atoms with Crippen LogP contribution >= 0.6 is 0 Å². The van der Waals surface area contributed by atoms with E-state index in [0.717, 1.165) is 19.5 Å². The number of piperidine rings is 1. The van der Waals surface area contributed by atoms with Crippen LogP contribution in [-0.2, 0) is 0 Å². The molecule has 1 aliphatic carbocycles. The number of nitrogens with zero attached hydrogens (tertiary/aromatic N) is 4. The molecule has 27 heavy (non-hydrogen) atoms. The standard InChI is InChI=1S/C19H26N6O2/c1-19(2,3)23-18(27)25-10-14-13(15(14)11-25)4-5-20-16(26)12-8-22-17-21-6-7-24(17)9-12/h6-9,13-15H,4-5,10-11H2,1-3H3,(H,20,26)(H,23,27). The van der Waals surface area contributed by atoms with Gasteiger partial charge in [-0.3, -0.25) is 9.20 Å². The minimum Gasteiger partial charge on any atom is -0.352 e. The molecule has 1 aliphatic heterocycles. The number of rotatable bonds is 4. The molecule has 2 aliphatic rings. The highest BCUT2D eigenvalue weighted by Crippen LogP contribution is 2.53. The first-order valence-corrected chi connectivity index (χ1v) is 9.46. The Morgan fingerprint density at radius 1 is 1.22 bits per heavy atom. The van der Waals surface area contributed by atoms with Crippen LogP contribution in [0.4, 0.5) is 4.79 Å². The Morgan fingerprint density at radius 2 is 1.96 bits per heavy atom. The normalized spacial score (nSPS) is 24.0. The van der Waals surface area contributed by atoms with E-state index >= 15 is 0 Å². The molecule has 3 heterocycles. The molecule has 0 aromatic carbocycles. The van der Waals surface area contributed by atoms with E-state index in [1.807, 2.05) is 25.7 Å². The second-order valence-electron chi connectivity index (χ2n) is 8.60. The van der Waals surface area contributed by atoms with E-state index in [1.54, 1.807) is 29.2 Å². The maximum absolute atomic E-state index is 12.3. The number of imidazole rings is 1. The summed E-state index contributed by atoms with van der Waals surface area (Å²) < 4.78 is 1.73. The fourth-order valence-corrected chi connectivity index (χ4v) is 4.03. The van der Waals surface area contributed by atoms with Crippen molar-refractivity contribution in [1.82, 2.24) is 29.9 Å². The van der Waals surface area contributed by atoms with Crippen molar-refractivity contribution in [2.45, 2.75) is 32.7 Å². The summed E-state index contributed by atoms with van der Waals surface area (Å²) in [7, 11) is 0. The minimum atomic E-state index is -0.206. The van der Waals surface area contributed by atoms with Crippen molar-refractivity contribution in [2.24, 2.45) is 17.8 Å². The van der Waals surface area contributed by atoms with Crippen LogP contribution in [0.3, 0.4) is 0 Å². The van der Waals surface area contributed by atoms with E-state index in [4.69, 9.17) is 0 Å². The molecule has 2 N–H and O–H groups in total. The van der Waals surface area contributed by atoms with Gasteiger partial charge in [0.15, 0.2) is 0 Å². The molecule has 8 nitrogen and oxygen atoms in total. The summed E-state index contributed by atoms with van der Waals surface area (Å²) in [6, 6.07) is 0.0316. The molecule has 3 amide bonds. The Labute approximate surface area is 158 Å². The summed E-state index contributed by atoms with van der Waals surface area (Å²) in [5, 5.41) is 6.00. The maximum atomic E-state index is 12.3. The van der Waals surface area contributed by atoms with Crippen LogP contribution in [0, 0.1) is 17.8 Å². The van der Waals surface area contributed by atoms with E-state index in [9.17, 15) is 9.59 Å². The SMILES string of the molecule is CC(C)(C)NC(=O)N1CC2C(CCNC(=O)c3cnc4nccn4c3)C2C1. The van der Waals surface area contributed by atoms with E-state index in [2.05, 4.69) is 20.6 Å². The Balaban J connectivity index is 1.21. The lowest BCUT2D eigenvalue weighted by Gasteiger charge is -2.27. The summed E-state index contributed by atoms with van der Waals surface area (Å²) in [5.74, 6) is 2.24. The summed E-state index contributed by atoms with van der Waals surface area (Å²) in [5.41, 5.74) is 0.323. The van der Waals surface area contributed by atoms with Gasteiger partial charge in [0.05, 0.1) is 5.56 Å². The molecule has 2 aromatic rings. The fraction of sp³-hybridized carbons (Fsp3) is 0.579. The number of hydrogen-bond acceptors (Lipinski definition) is 4. The number of hydrogen-bond donors (Lipinski definition) is 2. The van der Waals surface area contributed by atoms with Crippen LogP contribution in [0.2, 0.25) is 0 Å². The number of fused-ring (bicyclic) bond motifs is 2. The van der Waals surface area contributed by atoms with Gasteiger partial charge in [-0.2, -0.15) is 0 Å². The Hall–Kier alpha value is -2.64. The highest BCUT2D eigenvalue weighted by atomic mass is 16.2. The van der Waals surface area contributed by atoms with E-state index in [-0.39, 0.29) is 17.5 Å². The lowest BCUT2D eigenvalue weighted by Crippen LogP contribution is -2.48. The molecular weight excluding hydrogens is 344 g/mol. The third-order valence-corrected chi connectivity index (χ3v) is 5.41. The predicted molar refractivity (Wildman–Crippen MR) is 100 cm³/mol. The summed E-state index contributed by atoms with van der Waals surface area (Å²) >= 11 is 0. The van der Waals surface area contributed by atoms with Gasteiger partial charge in [0.1, 0.15) is 0 Å². The predicted octanol–water partition coefficient (Wildman–Crippen LogP) is 1.54. The number of carbonyl (C=O) groups excluding carboxylic acids is 2. The van der Waals surface area contributed by atoms with Gasteiger partial charge in [-0.1, -0.05) is 0 Å². The number of likely N-dealkylation sites (tertiary alicyclic amines) is 1. The van der Waals surface area contributed by atoms with Gasteiger partial charge < -0.3 is 15.5 Å². The van der Waals surface area contributed by atoms with Crippen LogP contribution < -0.4 is 10.6 Å². The van der Waals surface area contributed by atoms with Crippen molar-refractivity contribution >= 4 is 17.7 Å². The van der Waals surface area contributed by atoms with Gasteiger partial charge in [-0.05, 0) is 44.9 Å². The molecular formula is C19H26N6O2. The monoisotopic (exact) mass is 370 g/mol. The minimum absolute atomic E-state index is 0.0316. The topological polar surface area (TPSA) is 91.6 Å². The maximum Gasteiger partial charge on any atom is 0.317 e. The van der Waals surface area contributed by atoms with Gasteiger partial charge >= 0.3 is 6.03 Å². The molecule has 1 saturated heterocycles. The molecule has 2 atom stereocenters. The molecule has 2 fully saturated rings. The Morgan fingerprint density at radius 3 is 2.67 bits per heavy atom. The molecule has 0 spiro atoms. The average Bonchev–Trinajstić information content (AvgIpc) is 2.99. The average molecular weight is 370 g/mol. The number of amides is 3. The van der Waals surface area contributed by atoms with E-state index in [1.165, 1.54) is 0 Å². The zero-order chi connectivity index (χ0) is 19.2. The van der Waals surface area contributed by atoms with Crippen molar-refractivity contribution in [1.29, 1.82) is 0 Å². The first-order valence-electron chi connectivity index (χ1n) is 9.46. The largest absolute Gasteiger partial charge is 0.352 e. The molecule has 0 radical (unpaired) electrons. The van der Waals surface area contributed by atoms with Crippen LogP contribution in [0.25, 0.3) is 5.78 Å².